The molecule has 0 aliphatic rings. The first-order valence-electron chi connectivity index (χ1n) is 5.41. The van der Waals surface area contributed by atoms with Gasteiger partial charge >= 0.3 is 0 Å². The fourth-order valence-corrected chi connectivity index (χ4v) is 3.36. The molecule has 0 saturated carbocycles. The van der Waals surface area contributed by atoms with E-state index in [0.29, 0.717) is 0 Å². The van der Waals surface area contributed by atoms with E-state index in [-0.39, 0.29) is 21.2 Å². The topological polar surface area (TPSA) is 60.2 Å². The number of halogens is 2. The molecule has 0 fully saturated rings. The molecule has 0 heterocycles. The van der Waals surface area contributed by atoms with Gasteiger partial charge in [0.1, 0.15) is 5.82 Å². The summed E-state index contributed by atoms with van der Waals surface area (Å²) in [4.78, 5) is 0.00403. The molecule has 0 unspecified atom stereocenters. The molecule has 2 N–H and O–H groups in total. The number of rotatable bonds is 3. The summed E-state index contributed by atoms with van der Waals surface area (Å²) in [6.45, 7) is 0. The summed E-state index contributed by atoms with van der Waals surface area (Å²) < 4.78 is 38.0. The van der Waals surface area contributed by atoms with Crippen LogP contribution < -0.4 is 5.73 Å². The Balaban J connectivity index is 2.40. The van der Waals surface area contributed by atoms with Crippen molar-refractivity contribution >= 4 is 27.1 Å². The lowest BCUT2D eigenvalue weighted by Gasteiger charge is -2.08. The highest BCUT2D eigenvalue weighted by Crippen LogP contribution is 2.24. The standard InChI is InChI=1S/C13H11ClFNO2S/c14-10-6-5-9(11(15)7-10)8-19(17,18)13-4-2-1-3-12(13)16/h1-7H,8,16H2. The maximum Gasteiger partial charge on any atom is 0.184 e. The molecule has 0 atom stereocenters. The van der Waals surface area contributed by atoms with Gasteiger partial charge < -0.3 is 5.73 Å². The predicted octanol–water partition coefficient (Wildman–Crippen LogP) is 3.04. The summed E-state index contributed by atoms with van der Waals surface area (Å²) in [7, 11) is -3.69. The Labute approximate surface area is 115 Å². The van der Waals surface area contributed by atoms with Crippen molar-refractivity contribution in [1.29, 1.82) is 0 Å². The number of anilines is 1. The summed E-state index contributed by atoms with van der Waals surface area (Å²) >= 11 is 5.62. The number of sulfone groups is 1. The zero-order valence-corrected chi connectivity index (χ0v) is 11.4. The lowest BCUT2D eigenvalue weighted by atomic mass is 10.2. The first kappa shape index (κ1) is 13.8. The number of nitrogens with two attached hydrogens (primary N) is 1. The van der Waals surface area contributed by atoms with Gasteiger partial charge in [-0.05, 0) is 24.3 Å². The minimum atomic E-state index is -3.69. The molecule has 19 heavy (non-hydrogen) atoms. The van der Waals surface area contributed by atoms with E-state index in [1.165, 1.54) is 24.3 Å². The predicted molar refractivity (Wildman–Crippen MR) is 73.2 cm³/mol. The van der Waals surface area contributed by atoms with Gasteiger partial charge in [-0.3, -0.25) is 0 Å². The van der Waals surface area contributed by atoms with Crippen molar-refractivity contribution in [3.8, 4) is 0 Å². The zero-order chi connectivity index (χ0) is 14.0. The third-order valence-electron chi connectivity index (χ3n) is 2.61. The second kappa shape index (κ2) is 5.19. The number of para-hydroxylation sites is 1. The third kappa shape index (κ3) is 3.05. The van der Waals surface area contributed by atoms with Crippen molar-refractivity contribution < 1.29 is 12.8 Å². The second-order valence-corrected chi connectivity index (χ2v) is 6.43. The van der Waals surface area contributed by atoms with Crippen LogP contribution in [0.25, 0.3) is 0 Å². The number of hydrogen-bond acceptors (Lipinski definition) is 3. The van der Waals surface area contributed by atoms with Crippen LogP contribution in [-0.2, 0) is 15.6 Å². The van der Waals surface area contributed by atoms with Crippen molar-refractivity contribution in [3.63, 3.8) is 0 Å². The van der Waals surface area contributed by atoms with E-state index in [1.54, 1.807) is 12.1 Å². The van der Waals surface area contributed by atoms with Crippen molar-refractivity contribution in [3.05, 3.63) is 58.9 Å². The molecule has 2 aromatic carbocycles. The van der Waals surface area contributed by atoms with E-state index in [4.69, 9.17) is 17.3 Å². The molecule has 0 aromatic heterocycles. The first-order chi connectivity index (χ1) is 8.90. The average molecular weight is 300 g/mol. The van der Waals surface area contributed by atoms with E-state index in [1.807, 2.05) is 0 Å². The lowest BCUT2D eigenvalue weighted by Crippen LogP contribution is -2.09. The van der Waals surface area contributed by atoms with Crippen LogP contribution in [0.5, 0.6) is 0 Å². The van der Waals surface area contributed by atoms with Crippen LogP contribution in [0.3, 0.4) is 0 Å². The zero-order valence-electron chi connectivity index (χ0n) is 9.81. The normalized spacial score (nSPS) is 11.5. The van der Waals surface area contributed by atoms with E-state index in [0.717, 1.165) is 6.07 Å². The van der Waals surface area contributed by atoms with Gasteiger partial charge in [-0.15, -0.1) is 0 Å². The van der Waals surface area contributed by atoms with Gasteiger partial charge in [0, 0.05) is 10.6 Å². The maximum atomic E-state index is 13.6. The molecular weight excluding hydrogens is 289 g/mol. The fourth-order valence-electron chi connectivity index (χ4n) is 1.68. The molecular formula is C13H11ClFNO2S. The van der Waals surface area contributed by atoms with E-state index in [9.17, 15) is 12.8 Å². The highest BCUT2D eigenvalue weighted by molar-refractivity contribution is 7.90. The minimum absolute atomic E-state index is 0.00403. The van der Waals surface area contributed by atoms with Crippen molar-refractivity contribution in [2.24, 2.45) is 0 Å². The highest BCUT2D eigenvalue weighted by atomic mass is 35.5. The van der Waals surface area contributed by atoms with Gasteiger partial charge in [0.2, 0.25) is 0 Å². The molecule has 3 nitrogen and oxygen atoms in total. The molecule has 0 saturated heterocycles. The quantitative estimate of drug-likeness (QED) is 0.886. The summed E-state index contributed by atoms with van der Waals surface area (Å²) in [5, 5.41) is 0.220. The third-order valence-corrected chi connectivity index (χ3v) is 4.58. The Morgan fingerprint density at radius 3 is 2.47 bits per heavy atom. The Morgan fingerprint density at radius 1 is 1.16 bits per heavy atom. The van der Waals surface area contributed by atoms with Gasteiger partial charge in [0.25, 0.3) is 0 Å². The van der Waals surface area contributed by atoms with Crippen LogP contribution in [0.2, 0.25) is 5.02 Å². The van der Waals surface area contributed by atoms with Gasteiger partial charge in [-0.2, -0.15) is 0 Å². The summed E-state index contributed by atoms with van der Waals surface area (Å²) in [6.07, 6.45) is 0. The van der Waals surface area contributed by atoms with Crippen LogP contribution in [0.15, 0.2) is 47.4 Å². The second-order valence-electron chi connectivity index (χ2n) is 4.03. The molecule has 0 spiro atoms. The van der Waals surface area contributed by atoms with Crippen molar-refractivity contribution in [2.45, 2.75) is 10.6 Å². The summed E-state index contributed by atoms with van der Waals surface area (Å²) in [5.41, 5.74) is 5.84. The molecule has 0 amide bonds. The number of nitrogen functional groups attached to an aromatic ring is 1. The van der Waals surface area contributed by atoms with Crippen LogP contribution in [0, 0.1) is 5.82 Å². The Hall–Kier alpha value is -1.59. The molecule has 0 aliphatic carbocycles. The molecule has 0 bridgehead atoms. The SMILES string of the molecule is Nc1ccccc1S(=O)(=O)Cc1ccc(Cl)cc1F. The first-order valence-corrected chi connectivity index (χ1v) is 7.44. The van der Waals surface area contributed by atoms with Gasteiger partial charge in [-0.1, -0.05) is 29.8 Å². The van der Waals surface area contributed by atoms with Crippen LogP contribution in [0.4, 0.5) is 10.1 Å². The molecule has 2 aromatic rings. The van der Waals surface area contributed by atoms with Crippen LogP contribution in [-0.4, -0.2) is 8.42 Å². The van der Waals surface area contributed by atoms with E-state index >= 15 is 0 Å². The monoisotopic (exact) mass is 299 g/mol. The van der Waals surface area contributed by atoms with Crippen LogP contribution >= 0.6 is 11.6 Å². The maximum absolute atomic E-state index is 13.6. The van der Waals surface area contributed by atoms with Gasteiger partial charge in [0.15, 0.2) is 9.84 Å². The van der Waals surface area contributed by atoms with Gasteiger partial charge in [-0.25, -0.2) is 12.8 Å². The fraction of sp³-hybridized carbons (Fsp3) is 0.0769. The smallest absolute Gasteiger partial charge is 0.184 e. The summed E-state index contributed by atoms with van der Waals surface area (Å²) in [5.74, 6) is -1.10. The van der Waals surface area contributed by atoms with Crippen LogP contribution in [0.1, 0.15) is 5.56 Å². The molecule has 6 heteroatoms. The van der Waals surface area contributed by atoms with E-state index < -0.39 is 21.4 Å². The van der Waals surface area contributed by atoms with Crippen molar-refractivity contribution in [1.82, 2.24) is 0 Å². The van der Waals surface area contributed by atoms with E-state index in [2.05, 4.69) is 0 Å². The summed E-state index contributed by atoms with van der Waals surface area (Å²) in [6, 6.07) is 9.99. The molecule has 0 aliphatic heterocycles. The lowest BCUT2D eigenvalue weighted by molar-refractivity contribution is 0.587. The highest BCUT2D eigenvalue weighted by Gasteiger charge is 2.19. The Kier molecular flexibility index (Phi) is 3.78. The molecule has 100 valence electrons. The number of hydrogen-bond donors (Lipinski definition) is 1. The number of benzene rings is 2. The molecule has 0 radical (unpaired) electrons. The Bertz CT molecular complexity index is 716. The largest absolute Gasteiger partial charge is 0.398 e. The Morgan fingerprint density at radius 2 is 1.84 bits per heavy atom. The van der Waals surface area contributed by atoms with Crippen molar-refractivity contribution in [2.75, 3.05) is 5.73 Å². The van der Waals surface area contributed by atoms with Gasteiger partial charge in [0.05, 0.1) is 16.3 Å². The average Bonchev–Trinajstić information content (AvgIpc) is 2.33. The minimum Gasteiger partial charge on any atom is -0.398 e. The molecule has 2 rings (SSSR count).